The maximum Gasteiger partial charge on any atom is 0.319 e. The van der Waals surface area contributed by atoms with Crippen molar-refractivity contribution in [1.29, 1.82) is 0 Å². The van der Waals surface area contributed by atoms with Gasteiger partial charge in [0, 0.05) is 12.2 Å². The summed E-state index contributed by atoms with van der Waals surface area (Å²) in [7, 11) is 0. The molecule has 0 aliphatic carbocycles. The van der Waals surface area contributed by atoms with Gasteiger partial charge in [0.25, 0.3) is 0 Å². The molecule has 0 aliphatic rings. The van der Waals surface area contributed by atoms with Crippen LogP contribution in [0.4, 0.5) is 10.5 Å². The molecule has 0 aromatic heterocycles. The van der Waals surface area contributed by atoms with Crippen molar-refractivity contribution in [3.8, 4) is 0 Å². The topological polar surface area (TPSA) is 61.4 Å². The van der Waals surface area contributed by atoms with Crippen LogP contribution in [0.1, 0.15) is 25.0 Å². The third-order valence-electron chi connectivity index (χ3n) is 2.44. The van der Waals surface area contributed by atoms with Crippen molar-refractivity contribution in [2.24, 2.45) is 0 Å². The molecule has 100 valence electrons. The second-order valence-corrected chi connectivity index (χ2v) is 5.01. The van der Waals surface area contributed by atoms with Crippen molar-refractivity contribution >= 4 is 23.5 Å². The summed E-state index contributed by atoms with van der Waals surface area (Å²) in [6.07, 6.45) is 2.47. The van der Waals surface area contributed by atoms with Crippen molar-refractivity contribution in [2.45, 2.75) is 19.4 Å². The van der Waals surface area contributed by atoms with Crippen LogP contribution in [0.2, 0.25) is 0 Å². The zero-order valence-electron chi connectivity index (χ0n) is 10.8. The third-order valence-corrected chi connectivity index (χ3v) is 3.13. The number of aliphatic hydroxyl groups is 1. The molecule has 0 spiro atoms. The predicted octanol–water partition coefficient (Wildman–Crippen LogP) is 2.61. The molecule has 1 rings (SSSR count). The number of amides is 2. The van der Waals surface area contributed by atoms with Crippen molar-refractivity contribution < 1.29 is 9.90 Å². The summed E-state index contributed by atoms with van der Waals surface area (Å²) in [5.74, 6) is 1.04. The van der Waals surface area contributed by atoms with Gasteiger partial charge in [-0.25, -0.2) is 4.79 Å². The van der Waals surface area contributed by atoms with E-state index in [1.165, 1.54) is 0 Å². The third kappa shape index (κ3) is 5.42. The number of nitrogens with one attached hydrogen (secondary N) is 2. The summed E-state index contributed by atoms with van der Waals surface area (Å²) in [6, 6.07) is 7.00. The molecule has 18 heavy (non-hydrogen) atoms. The van der Waals surface area contributed by atoms with Crippen LogP contribution in [-0.2, 0) is 0 Å². The molecule has 0 saturated carbocycles. The van der Waals surface area contributed by atoms with Crippen LogP contribution in [0.15, 0.2) is 24.3 Å². The van der Waals surface area contributed by atoms with Crippen LogP contribution in [0, 0.1) is 0 Å². The first-order valence-electron chi connectivity index (χ1n) is 5.95. The second-order valence-electron chi connectivity index (χ2n) is 4.03. The predicted molar refractivity (Wildman–Crippen MR) is 77.1 cm³/mol. The Labute approximate surface area is 112 Å². The monoisotopic (exact) mass is 268 g/mol. The van der Waals surface area contributed by atoms with Crippen LogP contribution in [0.5, 0.6) is 0 Å². The van der Waals surface area contributed by atoms with Crippen LogP contribution in [0.3, 0.4) is 0 Å². The highest BCUT2D eigenvalue weighted by molar-refractivity contribution is 7.98. The maximum absolute atomic E-state index is 11.6. The van der Waals surface area contributed by atoms with E-state index >= 15 is 0 Å². The van der Waals surface area contributed by atoms with E-state index in [1.54, 1.807) is 30.8 Å². The first kappa shape index (κ1) is 14.9. The van der Waals surface area contributed by atoms with Gasteiger partial charge in [0.1, 0.15) is 0 Å². The fourth-order valence-electron chi connectivity index (χ4n) is 1.47. The number of anilines is 1. The SMILES string of the molecule is CSCCCNC(=O)Nc1cccc(C(C)O)c1. The van der Waals surface area contributed by atoms with Gasteiger partial charge in [-0.3, -0.25) is 0 Å². The van der Waals surface area contributed by atoms with E-state index in [4.69, 9.17) is 0 Å². The van der Waals surface area contributed by atoms with Crippen LogP contribution in [0.25, 0.3) is 0 Å². The van der Waals surface area contributed by atoms with E-state index in [1.807, 2.05) is 18.4 Å². The molecular weight excluding hydrogens is 248 g/mol. The van der Waals surface area contributed by atoms with Crippen LogP contribution < -0.4 is 10.6 Å². The van der Waals surface area contributed by atoms with E-state index in [-0.39, 0.29) is 6.03 Å². The fraction of sp³-hybridized carbons (Fsp3) is 0.462. The Morgan fingerprint density at radius 2 is 2.28 bits per heavy atom. The first-order chi connectivity index (χ1) is 8.63. The average Bonchev–Trinajstić information content (AvgIpc) is 2.35. The number of benzene rings is 1. The van der Waals surface area contributed by atoms with Gasteiger partial charge in [0.2, 0.25) is 0 Å². The Kier molecular flexibility index (Phi) is 6.60. The lowest BCUT2D eigenvalue weighted by Crippen LogP contribution is -2.29. The summed E-state index contributed by atoms with van der Waals surface area (Å²) in [5, 5.41) is 15.0. The molecule has 1 aromatic carbocycles. The molecule has 1 atom stereocenters. The van der Waals surface area contributed by atoms with Crippen LogP contribution >= 0.6 is 11.8 Å². The largest absolute Gasteiger partial charge is 0.389 e. The number of rotatable bonds is 6. The zero-order chi connectivity index (χ0) is 13.4. The van der Waals surface area contributed by atoms with E-state index in [2.05, 4.69) is 10.6 Å². The van der Waals surface area contributed by atoms with E-state index in [0.717, 1.165) is 17.7 Å². The van der Waals surface area contributed by atoms with Crippen molar-refractivity contribution in [2.75, 3.05) is 23.9 Å². The lowest BCUT2D eigenvalue weighted by Gasteiger charge is -2.10. The number of hydrogen-bond donors (Lipinski definition) is 3. The Bertz CT molecular complexity index is 383. The molecular formula is C13H20N2O2S. The smallest absolute Gasteiger partial charge is 0.319 e. The molecule has 5 heteroatoms. The highest BCUT2D eigenvalue weighted by Gasteiger charge is 2.04. The molecule has 0 aliphatic heterocycles. The molecule has 3 N–H and O–H groups in total. The lowest BCUT2D eigenvalue weighted by atomic mass is 10.1. The second kappa shape index (κ2) is 8.00. The van der Waals surface area contributed by atoms with E-state index in [0.29, 0.717) is 12.2 Å². The Morgan fingerprint density at radius 3 is 2.94 bits per heavy atom. The highest BCUT2D eigenvalue weighted by Crippen LogP contribution is 2.16. The first-order valence-corrected chi connectivity index (χ1v) is 7.34. The fourth-order valence-corrected chi connectivity index (χ4v) is 1.90. The lowest BCUT2D eigenvalue weighted by molar-refractivity contribution is 0.199. The normalized spacial score (nSPS) is 11.9. The van der Waals surface area contributed by atoms with Gasteiger partial charge in [-0.2, -0.15) is 11.8 Å². The number of aliphatic hydroxyl groups excluding tert-OH is 1. The summed E-state index contributed by atoms with van der Waals surface area (Å²) in [4.78, 5) is 11.6. The average molecular weight is 268 g/mol. The Hall–Kier alpha value is -1.20. The van der Waals surface area contributed by atoms with Gasteiger partial charge >= 0.3 is 6.03 Å². The summed E-state index contributed by atoms with van der Waals surface area (Å²) >= 11 is 1.76. The molecule has 0 radical (unpaired) electrons. The number of urea groups is 1. The van der Waals surface area contributed by atoms with E-state index < -0.39 is 6.10 Å². The van der Waals surface area contributed by atoms with Crippen LogP contribution in [-0.4, -0.2) is 29.7 Å². The minimum Gasteiger partial charge on any atom is -0.389 e. The van der Waals surface area contributed by atoms with E-state index in [9.17, 15) is 9.90 Å². The van der Waals surface area contributed by atoms with Gasteiger partial charge < -0.3 is 15.7 Å². The van der Waals surface area contributed by atoms with Gasteiger partial charge in [0.05, 0.1) is 6.10 Å². The van der Waals surface area contributed by atoms with Crippen molar-refractivity contribution in [3.05, 3.63) is 29.8 Å². The van der Waals surface area contributed by atoms with Gasteiger partial charge in [-0.15, -0.1) is 0 Å². The van der Waals surface area contributed by atoms with Gasteiger partial charge in [-0.05, 0) is 43.0 Å². The summed E-state index contributed by atoms with van der Waals surface area (Å²) in [5.41, 5.74) is 1.48. The molecule has 0 heterocycles. The minimum atomic E-state index is -0.531. The number of carbonyl (C=O) groups excluding carboxylic acids is 1. The number of thioether (sulfide) groups is 1. The summed E-state index contributed by atoms with van der Waals surface area (Å²) in [6.45, 7) is 2.37. The maximum atomic E-state index is 11.6. The molecule has 1 unspecified atom stereocenters. The highest BCUT2D eigenvalue weighted by atomic mass is 32.2. The molecule has 0 fully saturated rings. The molecule has 0 saturated heterocycles. The molecule has 1 aromatic rings. The summed E-state index contributed by atoms with van der Waals surface area (Å²) < 4.78 is 0. The molecule has 2 amide bonds. The quantitative estimate of drug-likeness (QED) is 0.695. The number of hydrogen-bond acceptors (Lipinski definition) is 3. The molecule has 4 nitrogen and oxygen atoms in total. The van der Waals surface area contributed by atoms with Crippen molar-refractivity contribution in [3.63, 3.8) is 0 Å². The minimum absolute atomic E-state index is 0.209. The number of carbonyl (C=O) groups is 1. The van der Waals surface area contributed by atoms with Crippen molar-refractivity contribution in [1.82, 2.24) is 5.32 Å². The standard InChI is InChI=1S/C13H20N2O2S/c1-10(16)11-5-3-6-12(9-11)15-13(17)14-7-4-8-18-2/h3,5-6,9-10,16H,4,7-8H2,1-2H3,(H2,14,15,17). The zero-order valence-corrected chi connectivity index (χ0v) is 11.6. The van der Waals surface area contributed by atoms with Gasteiger partial charge in [-0.1, -0.05) is 12.1 Å². The Morgan fingerprint density at radius 1 is 1.50 bits per heavy atom. The van der Waals surface area contributed by atoms with Gasteiger partial charge in [0.15, 0.2) is 0 Å². The molecule has 0 bridgehead atoms. The Balaban J connectivity index is 2.41.